The number of carbonyl (C=O) groups excluding carboxylic acids is 1. The maximum Gasteiger partial charge on any atom is 0.417 e. The monoisotopic (exact) mass is 528 g/mol. The average molecular weight is 529 g/mol. The first-order valence-electron chi connectivity index (χ1n) is 12.9. The molecule has 3 aromatic rings. The summed E-state index contributed by atoms with van der Waals surface area (Å²) in [6, 6.07) is 4.72. The second-order valence-corrected chi connectivity index (χ2v) is 9.99. The summed E-state index contributed by atoms with van der Waals surface area (Å²) in [5.74, 6) is 0.231. The van der Waals surface area contributed by atoms with Crippen LogP contribution in [0.3, 0.4) is 0 Å². The third-order valence-electron chi connectivity index (χ3n) is 7.57. The summed E-state index contributed by atoms with van der Waals surface area (Å²) < 4.78 is 45.3. The SMILES string of the molecule is Cc1cc(NC(=O)c2cnn(-c3ccc(C(F)(F)F)cn3)c2C)cnc1C1CCC(N2CCOCC2)CC1. The van der Waals surface area contributed by atoms with E-state index in [1.807, 2.05) is 13.0 Å². The molecule has 0 atom stereocenters. The predicted molar refractivity (Wildman–Crippen MR) is 135 cm³/mol. The zero-order valence-corrected chi connectivity index (χ0v) is 21.5. The van der Waals surface area contributed by atoms with E-state index in [0.29, 0.717) is 28.9 Å². The van der Waals surface area contributed by atoms with Crippen LogP contribution in [0.5, 0.6) is 0 Å². The highest BCUT2D eigenvalue weighted by atomic mass is 19.4. The first-order chi connectivity index (χ1) is 18.2. The Labute approximate surface area is 219 Å². The van der Waals surface area contributed by atoms with Gasteiger partial charge >= 0.3 is 6.18 Å². The first kappa shape index (κ1) is 26.3. The highest BCUT2D eigenvalue weighted by Gasteiger charge is 2.31. The summed E-state index contributed by atoms with van der Waals surface area (Å²) in [4.78, 5) is 24.1. The number of anilines is 1. The van der Waals surface area contributed by atoms with Gasteiger partial charge < -0.3 is 10.1 Å². The highest BCUT2D eigenvalue weighted by molar-refractivity contribution is 6.04. The molecule has 8 nitrogen and oxygen atoms in total. The molecule has 2 aliphatic rings. The van der Waals surface area contributed by atoms with E-state index < -0.39 is 11.7 Å². The van der Waals surface area contributed by atoms with E-state index >= 15 is 0 Å². The smallest absolute Gasteiger partial charge is 0.379 e. The predicted octanol–water partition coefficient (Wildman–Crippen LogP) is 4.91. The van der Waals surface area contributed by atoms with Gasteiger partial charge in [0.15, 0.2) is 5.82 Å². The number of aryl methyl sites for hydroxylation is 1. The number of nitrogens with one attached hydrogen (secondary N) is 1. The van der Waals surface area contributed by atoms with Gasteiger partial charge in [-0.15, -0.1) is 0 Å². The van der Waals surface area contributed by atoms with Crippen molar-refractivity contribution in [3.05, 3.63) is 64.9 Å². The van der Waals surface area contributed by atoms with E-state index in [0.717, 1.165) is 75.5 Å². The molecule has 5 rings (SSSR count). The molecule has 202 valence electrons. The van der Waals surface area contributed by atoms with Crippen molar-refractivity contribution < 1.29 is 22.7 Å². The molecule has 0 radical (unpaired) electrons. The van der Waals surface area contributed by atoms with Crippen LogP contribution in [0.25, 0.3) is 5.82 Å². The number of amides is 1. The van der Waals surface area contributed by atoms with Gasteiger partial charge in [-0.25, -0.2) is 9.67 Å². The Bertz CT molecular complexity index is 1280. The van der Waals surface area contributed by atoms with E-state index in [2.05, 4.69) is 20.3 Å². The van der Waals surface area contributed by atoms with Gasteiger partial charge in [-0.05, 0) is 63.3 Å². The van der Waals surface area contributed by atoms with Crippen molar-refractivity contribution in [3.63, 3.8) is 0 Å². The van der Waals surface area contributed by atoms with Crippen LogP contribution in [0.1, 0.15) is 64.5 Å². The zero-order valence-electron chi connectivity index (χ0n) is 21.5. The molecule has 11 heteroatoms. The van der Waals surface area contributed by atoms with Crippen LogP contribution in [0.2, 0.25) is 0 Å². The molecule has 0 bridgehead atoms. The Morgan fingerprint density at radius 2 is 1.76 bits per heavy atom. The third-order valence-corrected chi connectivity index (χ3v) is 7.57. The number of ether oxygens (including phenoxy) is 1. The molecule has 3 aromatic heterocycles. The third kappa shape index (κ3) is 5.58. The van der Waals surface area contributed by atoms with Crippen LogP contribution >= 0.6 is 0 Å². The highest BCUT2D eigenvalue weighted by Crippen LogP contribution is 2.36. The quantitative estimate of drug-likeness (QED) is 0.507. The fourth-order valence-corrected chi connectivity index (χ4v) is 5.48. The van der Waals surface area contributed by atoms with Gasteiger partial charge in [0.1, 0.15) is 0 Å². The largest absolute Gasteiger partial charge is 0.417 e. The molecule has 4 heterocycles. The minimum absolute atomic E-state index is 0.194. The second kappa shape index (κ2) is 10.8. The van der Waals surface area contributed by atoms with Crippen molar-refractivity contribution in [3.8, 4) is 5.82 Å². The number of pyridine rings is 2. The lowest BCUT2D eigenvalue weighted by atomic mass is 9.82. The minimum Gasteiger partial charge on any atom is -0.379 e. The molecule has 0 spiro atoms. The Balaban J connectivity index is 1.22. The lowest BCUT2D eigenvalue weighted by Gasteiger charge is -2.38. The number of morpholine rings is 1. The van der Waals surface area contributed by atoms with Gasteiger partial charge in [0.05, 0.1) is 48.1 Å². The molecule has 1 aliphatic heterocycles. The summed E-state index contributed by atoms with van der Waals surface area (Å²) in [5, 5.41) is 7.03. The number of aromatic nitrogens is 4. The molecule has 1 saturated carbocycles. The van der Waals surface area contributed by atoms with Gasteiger partial charge in [0, 0.05) is 36.9 Å². The van der Waals surface area contributed by atoms with Crippen LogP contribution < -0.4 is 5.32 Å². The van der Waals surface area contributed by atoms with E-state index in [1.54, 1.807) is 13.1 Å². The van der Waals surface area contributed by atoms with Crippen LogP contribution in [0.4, 0.5) is 18.9 Å². The lowest BCUT2D eigenvalue weighted by Crippen LogP contribution is -2.44. The number of nitrogens with zero attached hydrogens (tertiary/aromatic N) is 5. The average Bonchev–Trinajstić information content (AvgIpc) is 3.30. The van der Waals surface area contributed by atoms with Crippen LogP contribution in [0, 0.1) is 13.8 Å². The Morgan fingerprint density at radius 1 is 1.03 bits per heavy atom. The molecular weight excluding hydrogens is 497 g/mol. The van der Waals surface area contributed by atoms with Crippen LogP contribution in [-0.4, -0.2) is 62.9 Å². The number of hydrogen-bond donors (Lipinski definition) is 1. The number of carbonyl (C=O) groups is 1. The Morgan fingerprint density at radius 3 is 2.39 bits per heavy atom. The molecule has 1 amide bonds. The van der Waals surface area contributed by atoms with Gasteiger partial charge in [0.25, 0.3) is 5.91 Å². The maximum atomic E-state index is 13.0. The summed E-state index contributed by atoms with van der Waals surface area (Å²) >= 11 is 0. The van der Waals surface area contributed by atoms with Gasteiger partial charge in [-0.3, -0.25) is 14.7 Å². The van der Waals surface area contributed by atoms with Gasteiger partial charge in [0.2, 0.25) is 0 Å². The van der Waals surface area contributed by atoms with E-state index in [-0.39, 0.29) is 11.7 Å². The fourth-order valence-electron chi connectivity index (χ4n) is 5.48. The lowest BCUT2D eigenvalue weighted by molar-refractivity contribution is -0.137. The standard InChI is InChI=1S/C27H31F3N6O2/c1-17-13-21(15-32-25(17)19-3-6-22(7-4-19)35-9-11-38-12-10-35)34-26(37)23-16-33-36(18(23)2)24-8-5-20(14-31-24)27(28,29)30/h5,8,13-16,19,22H,3-4,6-7,9-12H2,1-2H3,(H,34,37). The van der Waals surface area contributed by atoms with Gasteiger partial charge in [-0.2, -0.15) is 18.3 Å². The number of halogens is 3. The van der Waals surface area contributed by atoms with E-state index in [4.69, 9.17) is 9.72 Å². The molecule has 0 aromatic carbocycles. The fraction of sp³-hybridized carbons (Fsp3) is 0.481. The number of alkyl halides is 3. The molecule has 1 aliphatic carbocycles. The van der Waals surface area contributed by atoms with Crippen molar-refractivity contribution >= 4 is 11.6 Å². The van der Waals surface area contributed by atoms with Crippen LogP contribution in [-0.2, 0) is 10.9 Å². The van der Waals surface area contributed by atoms with Crippen molar-refractivity contribution in [2.75, 3.05) is 31.6 Å². The van der Waals surface area contributed by atoms with Crippen molar-refractivity contribution in [2.45, 2.75) is 57.7 Å². The van der Waals surface area contributed by atoms with Crippen LogP contribution in [0.15, 0.2) is 36.8 Å². The molecule has 2 fully saturated rings. The summed E-state index contributed by atoms with van der Waals surface area (Å²) in [5.41, 5.74) is 2.63. The van der Waals surface area contributed by atoms with Crippen molar-refractivity contribution in [2.24, 2.45) is 0 Å². The number of rotatable bonds is 5. The summed E-state index contributed by atoms with van der Waals surface area (Å²) in [6.45, 7) is 7.35. The Kier molecular flexibility index (Phi) is 7.49. The van der Waals surface area contributed by atoms with E-state index in [1.165, 1.54) is 16.9 Å². The summed E-state index contributed by atoms with van der Waals surface area (Å²) in [6.07, 6.45) is 3.84. The summed E-state index contributed by atoms with van der Waals surface area (Å²) in [7, 11) is 0. The molecule has 1 saturated heterocycles. The second-order valence-electron chi connectivity index (χ2n) is 9.99. The molecule has 38 heavy (non-hydrogen) atoms. The normalized spacial score (nSPS) is 20.9. The Hall–Kier alpha value is -3.31. The van der Waals surface area contributed by atoms with Crippen molar-refractivity contribution in [1.82, 2.24) is 24.6 Å². The zero-order chi connectivity index (χ0) is 26.9. The minimum atomic E-state index is -4.47. The molecule has 0 unspecified atom stereocenters. The molecular formula is C27H31F3N6O2. The van der Waals surface area contributed by atoms with Gasteiger partial charge in [-0.1, -0.05) is 0 Å². The van der Waals surface area contributed by atoms with E-state index in [9.17, 15) is 18.0 Å². The first-order valence-corrected chi connectivity index (χ1v) is 12.9. The topological polar surface area (TPSA) is 85.2 Å². The van der Waals surface area contributed by atoms with Crippen molar-refractivity contribution in [1.29, 1.82) is 0 Å². The maximum absolute atomic E-state index is 13.0. The number of hydrogen-bond acceptors (Lipinski definition) is 6. The molecule has 1 N–H and O–H groups in total.